The summed E-state index contributed by atoms with van der Waals surface area (Å²) in [4.78, 5) is 14.2. The number of allylic oxidation sites excluding steroid dienone is 8. The van der Waals surface area contributed by atoms with E-state index in [-0.39, 0.29) is 0 Å². The first-order chi connectivity index (χ1) is 12.2. The number of aryl methyl sites for hydroxylation is 1. The maximum Gasteiger partial charge on any atom is 0.135 e. The lowest BCUT2D eigenvalue weighted by molar-refractivity contribution is 0.878. The highest BCUT2D eigenvalue weighted by Gasteiger charge is 2.25. The minimum atomic E-state index is 0.557. The van der Waals surface area contributed by atoms with E-state index in [1.807, 2.05) is 6.20 Å². The molecule has 4 nitrogen and oxygen atoms in total. The first-order valence-corrected chi connectivity index (χ1v) is 9.52. The van der Waals surface area contributed by atoms with E-state index in [1.54, 1.807) is 0 Å². The molecule has 25 heavy (non-hydrogen) atoms. The average molecular weight is 399 g/mol. The van der Waals surface area contributed by atoms with Gasteiger partial charge in [-0.05, 0) is 38.8 Å². The topological polar surface area (TPSA) is 42.5 Å². The SMILES string of the molecule is CC/C=C\C(=N/CC)C1=NCc2ncc(C)n2C2=CCC=C(Br)C=C21. The van der Waals surface area contributed by atoms with Gasteiger partial charge in [0.05, 0.1) is 23.7 Å². The van der Waals surface area contributed by atoms with Crippen LogP contribution in [0.1, 0.15) is 38.2 Å². The molecule has 2 heterocycles. The predicted molar refractivity (Wildman–Crippen MR) is 109 cm³/mol. The van der Waals surface area contributed by atoms with Gasteiger partial charge in [-0.3, -0.25) is 14.6 Å². The van der Waals surface area contributed by atoms with Gasteiger partial charge in [0, 0.05) is 28.5 Å². The molecule has 1 aromatic rings. The van der Waals surface area contributed by atoms with Crippen LogP contribution in [0.3, 0.4) is 0 Å². The molecule has 1 aliphatic carbocycles. The molecule has 2 aliphatic rings. The Labute approximate surface area is 157 Å². The number of nitrogens with zero attached hydrogens (tertiary/aromatic N) is 4. The minimum absolute atomic E-state index is 0.557. The molecule has 0 aromatic carbocycles. The summed E-state index contributed by atoms with van der Waals surface area (Å²) in [6, 6.07) is 0. The van der Waals surface area contributed by atoms with Crippen molar-refractivity contribution in [1.82, 2.24) is 9.55 Å². The summed E-state index contributed by atoms with van der Waals surface area (Å²) in [7, 11) is 0. The van der Waals surface area contributed by atoms with Gasteiger partial charge >= 0.3 is 0 Å². The quantitative estimate of drug-likeness (QED) is 0.656. The van der Waals surface area contributed by atoms with Gasteiger partial charge in [0.25, 0.3) is 0 Å². The van der Waals surface area contributed by atoms with Gasteiger partial charge in [-0.25, -0.2) is 4.98 Å². The second kappa shape index (κ2) is 7.91. The molecule has 3 rings (SSSR count). The summed E-state index contributed by atoms with van der Waals surface area (Å²) in [6.45, 7) is 7.56. The monoisotopic (exact) mass is 398 g/mol. The van der Waals surface area contributed by atoms with Gasteiger partial charge < -0.3 is 0 Å². The third-order valence-corrected chi connectivity index (χ3v) is 4.70. The minimum Gasteiger partial charge on any atom is -0.299 e. The van der Waals surface area contributed by atoms with E-state index in [4.69, 9.17) is 9.98 Å². The van der Waals surface area contributed by atoms with Crippen molar-refractivity contribution in [2.45, 2.75) is 40.2 Å². The van der Waals surface area contributed by atoms with E-state index in [0.29, 0.717) is 6.54 Å². The van der Waals surface area contributed by atoms with Crippen molar-refractivity contribution >= 4 is 33.1 Å². The van der Waals surface area contributed by atoms with Crippen LogP contribution >= 0.6 is 15.9 Å². The third kappa shape index (κ3) is 3.66. The van der Waals surface area contributed by atoms with E-state index in [2.05, 4.69) is 76.6 Å². The Kier molecular flexibility index (Phi) is 5.63. The zero-order valence-corrected chi connectivity index (χ0v) is 16.5. The zero-order valence-electron chi connectivity index (χ0n) is 15.0. The predicted octanol–water partition coefficient (Wildman–Crippen LogP) is 5.02. The summed E-state index contributed by atoms with van der Waals surface area (Å²) < 4.78 is 3.28. The fraction of sp³-hybridized carbons (Fsp3) is 0.350. The molecule has 0 saturated heterocycles. The molecule has 1 aliphatic heterocycles. The summed E-state index contributed by atoms with van der Waals surface area (Å²) in [6.07, 6.45) is 14.5. The number of fused-ring (bicyclic) bond motifs is 3. The van der Waals surface area contributed by atoms with Crippen molar-refractivity contribution in [3.63, 3.8) is 0 Å². The van der Waals surface area contributed by atoms with Crippen LogP contribution in [0.5, 0.6) is 0 Å². The Balaban J connectivity index is 2.20. The Morgan fingerprint density at radius 2 is 2.20 bits per heavy atom. The second-order valence-electron chi connectivity index (χ2n) is 5.96. The van der Waals surface area contributed by atoms with Crippen LogP contribution in [-0.4, -0.2) is 27.5 Å². The highest BCUT2D eigenvalue weighted by atomic mass is 79.9. The van der Waals surface area contributed by atoms with Crippen LogP contribution in [0, 0.1) is 6.92 Å². The fourth-order valence-electron chi connectivity index (χ4n) is 3.05. The Morgan fingerprint density at radius 3 is 2.96 bits per heavy atom. The normalized spacial score (nSPS) is 17.8. The molecule has 0 bridgehead atoms. The summed E-state index contributed by atoms with van der Waals surface area (Å²) in [5.41, 5.74) is 5.23. The zero-order chi connectivity index (χ0) is 17.8. The fourth-order valence-corrected chi connectivity index (χ4v) is 3.47. The number of halogens is 1. The number of hydrogen-bond acceptors (Lipinski definition) is 3. The molecular weight excluding hydrogens is 376 g/mol. The molecule has 5 heteroatoms. The largest absolute Gasteiger partial charge is 0.299 e. The van der Waals surface area contributed by atoms with Crippen molar-refractivity contribution in [1.29, 1.82) is 0 Å². The van der Waals surface area contributed by atoms with Crippen LogP contribution in [0.4, 0.5) is 0 Å². The van der Waals surface area contributed by atoms with Gasteiger partial charge in [0.2, 0.25) is 0 Å². The van der Waals surface area contributed by atoms with Crippen molar-refractivity contribution in [2.24, 2.45) is 9.98 Å². The third-order valence-electron chi connectivity index (χ3n) is 4.15. The molecule has 130 valence electrons. The van der Waals surface area contributed by atoms with Crippen LogP contribution in [0.15, 0.2) is 56.6 Å². The molecular formula is C20H23BrN4. The van der Waals surface area contributed by atoms with Crippen LogP contribution < -0.4 is 0 Å². The number of aromatic nitrogens is 2. The van der Waals surface area contributed by atoms with Gasteiger partial charge in [-0.15, -0.1) is 0 Å². The number of hydrogen-bond donors (Lipinski definition) is 0. The molecule has 0 atom stereocenters. The standard InChI is InChI=1S/C20H23BrN4/c1-4-6-9-17(22-5-2)20-16-11-15(21)8-7-10-18(16)25-14(3)12-23-19(25)13-24-20/h6,8-12H,4-5,7,13H2,1-3H3/b9-6-,22-17+. The molecule has 1 aromatic heterocycles. The van der Waals surface area contributed by atoms with Gasteiger partial charge in [-0.2, -0.15) is 0 Å². The number of imidazole rings is 1. The number of aliphatic imine (C=N–C) groups is 2. The lowest BCUT2D eigenvalue weighted by Crippen LogP contribution is -2.17. The molecule has 0 fully saturated rings. The van der Waals surface area contributed by atoms with Crippen LogP contribution in [-0.2, 0) is 6.54 Å². The van der Waals surface area contributed by atoms with E-state index in [1.165, 1.54) is 0 Å². The van der Waals surface area contributed by atoms with Crippen molar-refractivity contribution in [3.05, 3.63) is 58.2 Å². The van der Waals surface area contributed by atoms with Crippen molar-refractivity contribution < 1.29 is 0 Å². The summed E-state index contributed by atoms with van der Waals surface area (Å²) in [5.74, 6) is 0.970. The first-order valence-electron chi connectivity index (χ1n) is 8.73. The maximum absolute atomic E-state index is 4.90. The van der Waals surface area contributed by atoms with E-state index < -0.39 is 0 Å². The molecule has 0 spiro atoms. The van der Waals surface area contributed by atoms with E-state index >= 15 is 0 Å². The second-order valence-corrected chi connectivity index (χ2v) is 6.87. The molecule has 0 unspecified atom stereocenters. The van der Waals surface area contributed by atoms with E-state index in [0.717, 1.165) is 58.1 Å². The first kappa shape index (κ1) is 17.8. The maximum atomic E-state index is 4.90. The van der Waals surface area contributed by atoms with E-state index in [9.17, 15) is 0 Å². The molecule has 0 N–H and O–H groups in total. The van der Waals surface area contributed by atoms with Gasteiger partial charge in [0.1, 0.15) is 5.82 Å². The molecule has 0 radical (unpaired) electrons. The number of rotatable bonds is 4. The summed E-state index contributed by atoms with van der Waals surface area (Å²) in [5, 5.41) is 0. The Bertz CT molecular complexity index is 847. The average Bonchev–Trinajstić information content (AvgIpc) is 2.76. The van der Waals surface area contributed by atoms with Crippen LogP contribution in [0.25, 0.3) is 5.70 Å². The molecule has 0 saturated carbocycles. The highest BCUT2D eigenvalue weighted by molar-refractivity contribution is 9.11. The van der Waals surface area contributed by atoms with Crippen LogP contribution in [0.2, 0.25) is 0 Å². The summed E-state index contributed by atoms with van der Waals surface area (Å²) >= 11 is 3.66. The Morgan fingerprint density at radius 1 is 1.36 bits per heavy atom. The lowest BCUT2D eigenvalue weighted by Gasteiger charge is -2.15. The van der Waals surface area contributed by atoms with Gasteiger partial charge in [-0.1, -0.05) is 41.1 Å². The van der Waals surface area contributed by atoms with Crippen molar-refractivity contribution in [2.75, 3.05) is 6.54 Å². The van der Waals surface area contributed by atoms with Gasteiger partial charge in [0.15, 0.2) is 0 Å². The molecule has 0 amide bonds. The highest BCUT2D eigenvalue weighted by Crippen LogP contribution is 2.31. The Hall–Kier alpha value is -2.01. The smallest absolute Gasteiger partial charge is 0.135 e. The van der Waals surface area contributed by atoms with Crippen molar-refractivity contribution in [3.8, 4) is 0 Å². The lowest BCUT2D eigenvalue weighted by atomic mass is 10.0.